The van der Waals surface area contributed by atoms with Gasteiger partial charge in [-0.1, -0.05) is 78.9 Å². The highest BCUT2D eigenvalue weighted by Crippen LogP contribution is 2.38. The van der Waals surface area contributed by atoms with E-state index in [-0.39, 0.29) is 0 Å². The van der Waals surface area contributed by atoms with E-state index in [9.17, 15) is 0 Å². The van der Waals surface area contributed by atoms with Crippen molar-refractivity contribution in [2.45, 2.75) is 19.9 Å². The largest absolute Gasteiger partial charge is 0.321 e. The topological polar surface area (TPSA) is 17.8 Å². The van der Waals surface area contributed by atoms with E-state index in [4.69, 9.17) is 4.98 Å². The molecule has 0 fully saturated rings. The zero-order chi connectivity index (χ0) is 17.7. The van der Waals surface area contributed by atoms with Crippen LogP contribution in [0.3, 0.4) is 0 Å². The van der Waals surface area contributed by atoms with Crippen molar-refractivity contribution < 1.29 is 0 Å². The first-order valence-corrected chi connectivity index (χ1v) is 9.12. The third-order valence-electron chi connectivity index (χ3n) is 5.11. The maximum atomic E-state index is 5.15. The van der Waals surface area contributed by atoms with Crippen molar-refractivity contribution in [3.05, 3.63) is 78.9 Å². The van der Waals surface area contributed by atoms with Gasteiger partial charge in [-0.3, -0.25) is 0 Å². The van der Waals surface area contributed by atoms with Crippen molar-refractivity contribution in [2.24, 2.45) is 0 Å². The van der Waals surface area contributed by atoms with E-state index in [2.05, 4.69) is 97.3 Å². The Morgan fingerprint density at radius 1 is 0.654 bits per heavy atom. The maximum absolute atomic E-state index is 5.15. The Labute approximate surface area is 152 Å². The van der Waals surface area contributed by atoms with Gasteiger partial charge in [-0.15, -0.1) is 0 Å². The van der Waals surface area contributed by atoms with Crippen molar-refractivity contribution in [3.8, 4) is 11.4 Å². The van der Waals surface area contributed by atoms with Crippen molar-refractivity contribution in [3.63, 3.8) is 0 Å². The molecule has 0 saturated carbocycles. The first kappa shape index (κ1) is 15.2. The molecule has 1 aromatic heterocycles. The highest BCUT2D eigenvalue weighted by Gasteiger charge is 2.19. The fourth-order valence-electron chi connectivity index (χ4n) is 4.02. The molecule has 1 heterocycles. The van der Waals surface area contributed by atoms with Gasteiger partial charge in [0, 0.05) is 22.4 Å². The van der Waals surface area contributed by atoms with Crippen LogP contribution in [0.2, 0.25) is 0 Å². The molecule has 26 heavy (non-hydrogen) atoms. The van der Waals surface area contributed by atoms with Crippen LogP contribution in [-0.2, 0) is 0 Å². The second-order valence-electron chi connectivity index (χ2n) is 7.05. The predicted molar refractivity (Wildman–Crippen MR) is 111 cm³/mol. The van der Waals surface area contributed by atoms with E-state index in [1.54, 1.807) is 0 Å². The summed E-state index contributed by atoms with van der Waals surface area (Å²) in [7, 11) is 0. The molecule has 0 N–H and O–H groups in total. The lowest BCUT2D eigenvalue weighted by atomic mass is 10.00. The number of hydrogen-bond acceptors (Lipinski definition) is 1. The molecule has 0 unspecified atom stereocenters. The van der Waals surface area contributed by atoms with Crippen LogP contribution in [0.4, 0.5) is 0 Å². The fraction of sp³-hybridized carbons (Fsp3) is 0.125. The first-order chi connectivity index (χ1) is 12.8. The van der Waals surface area contributed by atoms with Crippen LogP contribution in [0.1, 0.15) is 19.9 Å². The monoisotopic (exact) mass is 336 g/mol. The molecule has 0 spiro atoms. The standard InChI is InChI=1S/C24H20N2/c1-16(2)26-23-21-15-9-7-13-19(21)18-12-6-8-14-20(18)22(23)25-24(26)17-10-4-3-5-11-17/h3-16H,1-2H3. The van der Waals surface area contributed by atoms with Gasteiger partial charge in [0.2, 0.25) is 0 Å². The molecule has 0 saturated heterocycles. The second kappa shape index (κ2) is 5.70. The van der Waals surface area contributed by atoms with Crippen molar-refractivity contribution >= 4 is 32.6 Å². The van der Waals surface area contributed by atoms with Crippen molar-refractivity contribution in [2.75, 3.05) is 0 Å². The summed E-state index contributed by atoms with van der Waals surface area (Å²) in [6.45, 7) is 4.47. The lowest BCUT2D eigenvalue weighted by molar-refractivity contribution is 0.625. The summed E-state index contributed by atoms with van der Waals surface area (Å²) in [5.74, 6) is 1.04. The smallest absolute Gasteiger partial charge is 0.141 e. The zero-order valence-corrected chi connectivity index (χ0v) is 15.0. The third-order valence-corrected chi connectivity index (χ3v) is 5.11. The normalized spacial score (nSPS) is 11.8. The minimum atomic E-state index is 0.319. The number of benzene rings is 4. The van der Waals surface area contributed by atoms with Crippen LogP contribution < -0.4 is 0 Å². The summed E-state index contributed by atoms with van der Waals surface area (Å²) in [6, 6.07) is 28.1. The molecule has 5 aromatic rings. The van der Waals surface area contributed by atoms with Crippen LogP contribution in [0.25, 0.3) is 44.0 Å². The van der Waals surface area contributed by atoms with Gasteiger partial charge in [0.25, 0.3) is 0 Å². The predicted octanol–water partition coefficient (Wildman–Crippen LogP) is 6.59. The Morgan fingerprint density at radius 3 is 1.85 bits per heavy atom. The average molecular weight is 336 g/mol. The summed E-state index contributed by atoms with van der Waals surface area (Å²) in [6.07, 6.45) is 0. The molecule has 0 radical (unpaired) electrons. The number of rotatable bonds is 2. The van der Waals surface area contributed by atoms with E-state index < -0.39 is 0 Å². The van der Waals surface area contributed by atoms with Gasteiger partial charge in [-0.2, -0.15) is 0 Å². The minimum absolute atomic E-state index is 0.319. The quantitative estimate of drug-likeness (QED) is 0.332. The van der Waals surface area contributed by atoms with Crippen LogP contribution >= 0.6 is 0 Å². The van der Waals surface area contributed by atoms with E-state index in [1.165, 1.54) is 27.1 Å². The first-order valence-electron chi connectivity index (χ1n) is 9.12. The van der Waals surface area contributed by atoms with Crippen molar-refractivity contribution in [1.29, 1.82) is 0 Å². The Balaban J connectivity index is 2.06. The SMILES string of the molecule is CC(C)n1c(-c2ccccc2)nc2c3ccccc3c3ccccc3c21. The summed E-state index contributed by atoms with van der Waals surface area (Å²) in [5, 5.41) is 5.04. The summed E-state index contributed by atoms with van der Waals surface area (Å²) in [4.78, 5) is 5.15. The molecule has 0 aliphatic carbocycles. The molecule has 0 aliphatic heterocycles. The van der Waals surface area contributed by atoms with Gasteiger partial charge in [0.15, 0.2) is 0 Å². The number of nitrogens with zero attached hydrogens (tertiary/aromatic N) is 2. The maximum Gasteiger partial charge on any atom is 0.141 e. The Hall–Kier alpha value is -3.13. The van der Waals surface area contributed by atoms with Gasteiger partial charge in [0.05, 0.1) is 11.0 Å². The Kier molecular flexibility index (Phi) is 3.32. The van der Waals surface area contributed by atoms with E-state index in [0.29, 0.717) is 6.04 Å². The Morgan fingerprint density at radius 2 is 1.19 bits per heavy atom. The molecule has 2 heteroatoms. The second-order valence-corrected chi connectivity index (χ2v) is 7.05. The lowest BCUT2D eigenvalue weighted by Gasteiger charge is -2.15. The third kappa shape index (κ3) is 2.08. The minimum Gasteiger partial charge on any atom is -0.321 e. The van der Waals surface area contributed by atoms with Gasteiger partial charge in [-0.25, -0.2) is 4.98 Å². The number of imidazole rings is 1. The van der Waals surface area contributed by atoms with Crippen LogP contribution in [0.15, 0.2) is 78.9 Å². The molecular weight excluding hydrogens is 316 g/mol. The fourth-order valence-corrected chi connectivity index (χ4v) is 4.02. The number of hydrogen-bond donors (Lipinski definition) is 0. The molecule has 0 aliphatic rings. The molecule has 0 atom stereocenters. The van der Waals surface area contributed by atoms with E-state index in [1.807, 2.05) is 0 Å². The molecule has 5 rings (SSSR count). The Bertz CT molecular complexity index is 1250. The molecular formula is C24H20N2. The number of aromatic nitrogens is 2. The molecule has 2 nitrogen and oxygen atoms in total. The van der Waals surface area contributed by atoms with Gasteiger partial charge in [-0.05, 0) is 24.6 Å². The van der Waals surface area contributed by atoms with Gasteiger partial charge in [0.1, 0.15) is 5.82 Å². The van der Waals surface area contributed by atoms with E-state index >= 15 is 0 Å². The van der Waals surface area contributed by atoms with Crippen molar-refractivity contribution in [1.82, 2.24) is 9.55 Å². The zero-order valence-electron chi connectivity index (χ0n) is 15.0. The molecule has 126 valence electrons. The molecule has 4 aromatic carbocycles. The van der Waals surface area contributed by atoms with Crippen LogP contribution in [0.5, 0.6) is 0 Å². The summed E-state index contributed by atoms with van der Waals surface area (Å²) in [5.41, 5.74) is 3.48. The van der Waals surface area contributed by atoms with Gasteiger partial charge < -0.3 is 4.57 Å². The highest BCUT2D eigenvalue weighted by atomic mass is 15.1. The van der Waals surface area contributed by atoms with Crippen LogP contribution in [-0.4, -0.2) is 9.55 Å². The molecule has 0 amide bonds. The highest BCUT2D eigenvalue weighted by molar-refractivity contribution is 6.23. The number of fused-ring (bicyclic) bond motifs is 6. The summed E-state index contributed by atoms with van der Waals surface area (Å²) >= 11 is 0. The summed E-state index contributed by atoms with van der Waals surface area (Å²) < 4.78 is 2.39. The molecule has 0 bridgehead atoms. The van der Waals surface area contributed by atoms with Crippen LogP contribution in [0, 0.1) is 0 Å². The average Bonchev–Trinajstić information content (AvgIpc) is 3.10. The van der Waals surface area contributed by atoms with E-state index in [0.717, 1.165) is 16.9 Å². The lowest BCUT2D eigenvalue weighted by Crippen LogP contribution is -2.03. The van der Waals surface area contributed by atoms with Gasteiger partial charge >= 0.3 is 0 Å².